The summed E-state index contributed by atoms with van der Waals surface area (Å²) in [5, 5.41) is 3.39. The molecule has 88 valence electrons. The number of halogens is 2. The van der Waals surface area contributed by atoms with Crippen molar-refractivity contribution in [2.45, 2.75) is 26.3 Å². The summed E-state index contributed by atoms with van der Waals surface area (Å²) in [6.45, 7) is 6.10. The Bertz CT molecular complexity index is 395. The lowest BCUT2D eigenvalue weighted by molar-refractivity contribution is 0.607. The SMILES string of the molecule is CCC(C)N1CCNc2cc(F)c(Cl)cc21. The molecule has 0 fully saturated rings. The fourth-order valence-electron chi connectivity index (χ4n) is 2.03. The van der Waals surface area contributed by atoms with Crippen LogP contribution < -0.4 is 10.2 Å². The molecule has 0 aromatic heterocycles. The Labute approximate surface area is 100 Å². The van der Waals surface area contributed by atoms with Gasteiger partial charge in [-0.15, -0.1) is 0 Å². The topological polar surface area (TPSA) is 15.3 Å². The molecule has 1 N–H and O–H groups in total. The second-order valence-corrected chi connectivity index (χ2v) is 4.57. The Morgan fingerprint density at radius 1 is 1.56 bits per heavy atom. The second-order valence-electron chi connectivity index (χ2n) is 4.16. The van der Waals surface area contributed by atoms with E-state index in [-0.39, 0.29) is 10.8 Å². The van der Waals surface area contributed by atoms with Gasteiger partial charge in [0.1, 0.15) is 5.82 Å². The quantitative estimate of drug-likeness (QED) is 0.854. The fourth-order valence-corrected chi connectivity index (χ4v) is 2.18. The third-order valence-electron chi connectivity index (χ3n) is 3.14. The molecule has 2 rings (SSSR count). The highest BCUT2D eigenvalue weighted by Crippen LogP contribution is 2.35. The highest BCUT2D eigenvalue weighted by atomic mass is 35.5. The van der Waals surface area contributed by atoms with Crippen molar-refractivity contribution < 1.29 is 4.39 Å². The van der Waals surface area contributed by atoms with Crippen molar-refractivity contribution in [2.75, 3.05) is 23.3 Å². The second kappa shape index (κ2) is 4.50. The van der Waals surface area contributed by atoms with Crippen LogP contribution in [0.4, 0.5) is 15.8 Å². The molecular weight excluding hydrogens is 227 g/mol. The summed E-state index contributed by atoms with van der Waals surface area (Å²) in [6, 6.07) is 3.64. The number of benzene rings is 1. The first kappa shape index (κ1) is 11.5. The number of nitrogens with one attached hydrogen (secondary N) is 1. The van der Waals surface area contributed by atoms with Crippen LogP contribution in [0.5, 0.6) is 0 Å². The highest BCUT2D eigenvalue weighted by molar-refractivity contribution is 6.31. The molecule has 0 spiro atoms. The summed E-state index contributed by atoms with van der Waals surface area (Å²) in [6.07, 6.45) is 1.06. The molecule has 0 amide bonds. The largest absolute Gasteiger partial charge is 0.382 e. The Kier molecular flexibility index (Phi) is 3.24. The van der Waals surface area contributed by atoms with Crippen LogP contribution in [-0.4, -0.2) is 19.1 Å². The van der Waals surface area contributed by atoms with Crippen molar-refractivity contribution in [2.24, 2.45) is 0 Å². The van der Waals surface area contributed by atoms with Crippen molar-refractivity contribution in [1.82, 2.24) is 0 Å². The first-order valence-corrected chi connectivity index (χ1v) is 6.00. The van der Waals surface area contributed by atoms with Crippen LogP contribution in [-0.2, 0) is 0 Å². The Balaban J connectivity index is 2.41. The average Bonchev–Trinajstić information content (AvgIpc) is 2.29. The monoisotopic (exact) mass is 242 g/mol. The smallest absolute Gasteiger partial charge is 0.143 e. The first-order chi connectivity index (χ1) is 7.63. The first-order valence-electron chi connectivity index (χ1n) is 5.63. The van der Waals surface area contributed by atoms with Crippen LogP contribution in [0.25, 0.3) is 0 Å². The predicted octanol–water partition coefficient (Wildman–Crippen LogP) is 3.51. The number of anilines is 2. The van der Waals surface area contributed by atoms with Crippen molar-refractivity contribution in [3.8, 4) is 0 Å². The van der Waals surface area contributed by atoms with Crippen LogP contribution in [0, 0.1) is 5.82 Å². The summed E-state index contributed by atoms with van der Waals surface area (Å²) in [5.74, 6) is -0.362. The number of nitrogens with zero attached hydrogens (tertiary/aromatic N) is 1. The third-order valence-corrected chi connectivity index (χ3v) is 3.43. The highest BCUT2D eigenvalue weighted by Gasteiger charge is 2.21. The summed E-state index contributed by atoms with van der Waals surface area (Å²) in [5.41, 5.74) is 1.85. The van der Waals surface area contributed by atoms with Gasteiger partial charge in [0.25, 0.3) is 0 Å². The molecule has 1 aromatic rings. The molecule has 1 aromatic carbocycles. The van der Waals surface area contributed by atoms with E-state index in [2.05, 4.69) is 24.1 Å². The summed E-state index contributed by atoms with van der Waals surface area (Å²) >= 11 is 5.83. The van der Waals surface area contributed by atoms with Crippen LogP contribution in [0.15, 0.2) is 12.1 Å². The lowest BCUT2D eigenvalue weighted by Gasteiger charge is -2.36. The minimum absolute atomic E-state index is 0.191. The third kappa shape index (κ3) is 1.96. The molecule has 1 aliphatic heterocycles. The molecule has 0 aliphatic carbocycles. The van der Waals surface area contributed by atoms with Gasteiger partial charge in [-0.2, -0.15) is 0 Å². The molecule has 1 heterocycles. The molecule has 1 atom stereocenters. The zero-order valence-corrected chi connectivity index (χ0v) is 10.3. The predicted molar refractivity (Wildman–Crippen MR) is 67.0 cm³/mol. The maximum absolute atomic E-state index is 13.3. The van der Waals surface area contributed by atoms with Gasteiger partial charge >= 0.3 is 0 Å². The van der Waals surface area contributed by atoms with Gasteiger partial charge in [0.05, 0.1) is 16.4 Å². The van der Waals surface area contributed by atoms with E-state index >= 15 is 0 Å². The van der Waals surface area contributed by atoms with Gasteiger partial charge in [-0.1, -0.05) is 18.5 Å². The van der Waals surface area contributed by atoms with Gasteiger partial charge in [-0.3, -0.25) is 0 Å². The molecule has 0 saturated heterocycles. The van der Waals surface area contributed by atoms with E-state index in [9.17, 15) is 4.39 Å². The minimum Gasteiger partial charge on any atom is -0.382 e. The van der Waals surface area contributed by atoms with Gasteiger partial charge < -0.3 is 10.2 Å². The van der Waals surface area contributed by atoms with E-state index in [1.807, 2.05) is 0 Å². The van der Waals surface area contributed by atoms with Crippen LogP contribution in [0.1, 0.15) is 20.3 Å². The van der Waals surface area contributed by atoms with Crippen LogP contribution >= 0.6 is 11.6 Å². The van der Waals surface area contributed by atoms with Gasteiger partial charge in [0, 0.05) is 25.2 Å². The number of hydrogen-bond acceptors (Lipinski definition) is 2. The van der Waals surface area contributed by atoms with Crippen molar-refractivity contribution in [3.63, 3.8) is 0 Å². The van der Waals surface area contributed by atoms with Gasteiger partial charge in [0.2, 0.25) is 0 Å². The van der Waals surface area contributed by atoms with E-state index in [0.717, 1.165) is 30.9 Å². The molecule has 0 bridgehead atoms. The molecular formula is C12H16ClFN2. The lowest BCUT2D eigenvalue weighted by atomic mass is 10.1. The van der Waals surface area contributed by atoms with E-state index in [1.54, 1.807) is 6.07 Å². The summed E-state index contributed by atoms with van der Waals surface area (Å²) in [7, 11) is 0. The molecule has 0 saturated carbocycles. The number of hydrogen-bond donors (Lipinski definition) is 1. The molecule has 1 aliphatic rings. The van der Waals surface area contributed by atoms with Crippen molar-refractivity contribution in [1.29, 1.82) is 0 Å². The summed E-state index contributed by atoms with van der Waals surface area (Å²) < 4.78 is 13.3. The van der Waals surface area contributed by atoms with E-state index < -0.39 is 0 Å². The molecule has 2 nitrogen and oxygen atoms in total. The molecule has 16 heavy (non-hydrogen) atoms. The maximum Gasteiger partial charge on any atom is 0.143 e. The zero-order chi connectivity index (χ0) is 11.7. The standard InChI is InChI=1S/C12H16ClFN2/c1-3-8(2)16-5-4-15-11-7-10(14)9(13)6-12(11)16/h6-8,15H,3-5H2,1-2H3. The summed E-state index contributed by atoms with van der Waals surface area (Å²) in [4.78, 5) is 2.27. The number of fused-ring (bicyclic) bond motifs is 1. The molecule has 0 radical (unpaired) electrons. The molecule has 4 heteroatoms. The lowest BCUT2D eigenvalue weighted by Crippen LogP contribution is -2.40. The van der Waals surface area contributed by atoms with E-state index in [0.29, 0.717) is 6.04 Å². The van der Waals surface area contributed by atoms with E-state index in [4.69, 9.17) is 11.6 Å². The number of rotatable bonds is 2. The molecule has 1 unspecified atom stereocenters. The Morgan fingerprint density at radius 2 is 2.31 bits per heavy atom. The normalized spacial score (nSPS) is 16.6. The Morgan fingerprint density at radius 3 is 3.00 bits per heavy atom. The van der Waals surface area contributed by atoms with Gasteiger partial charge in [-0.25, -0.2) is 4.39 Å². The van der Waals surface area contributed by atoms with Crippen LogP contribution in [0.2, 0.25) is 5.02 Å². The van der Waals surface area contributed by atoms with Crippen molar-refractivity contribution >= 4 is 23.0 Å². The van der Waals surface area contributed by atoms with Gasteiger partial charge in [-0.05, 0) is 19.4 Å². The minimum atomic E-state index is -0.362. The van der Waals surface area contributed by atoms with Crippen LogP contribution in [0.3, 0.4) is 0 Å². The zero-order valence-electron chi connectivity index (χ0n) is 9.56. The fraction of sp³-hybridized carbons (Fsp3) is 0.500. The Hall–Kier alpha value is -0.960. The van der Waals surface area contributed by atoms with Gasteiger partial charge in [0.15, 0.2) is 0 Å². The maximum atomic E-state index is 13.3. The van der Waals surface area contributed by atoms with Crippen molar-refractivity contribution in [3.05, 3.63) is 23.0 Å². The van der Waals surface area contributed by atoms with E-state index in [1.165, 1.54) is 6.07 Å². The average molecular weight is 243 g/mol.